The molecule has 4 rings (SSSR count). The molecule has 2 aliphatic heterocycles. The molecule has 0 aromatic heterocycles. The molecule has 2 aromatic rings. The molecule has 0 bridgehead atoms. The Kier molecular flexibility index (Phi) is 6.46. The van der Waals surface area contributed by atoms with E-state index in [-0.39, 0.29) is 18.1 Å². The Morgan fingerprint density at radius 2 is 1.91 bits per heavy atom. The third-order valence-electron chi connectivity index (χ3n) is 5.89. The van der Waals surface area contributed by atoms with Gasteiger partial charge in [0.15, 0.2) is 18.1 Å². The lowest BCUT2D eigenvalue weighted by molar-refractivity contribution is -0.133. The van der Waals surface area contributed by atoms with Gasteiger partial charge in [-0.1, -0.05) is 18.2 Å². The second kappa shape index (κ2) is 9.28. The van der Waals surface area contributed by atoms with E-state index in [1.807, 2.05) is 50.2 Å². The van der Waals surface area contributed by atoms with Gasteiger partial charge in [-0.2, -0.15) is 0 Å². The van der Waals surface area contributed by atoms with E-state index >= 15 is 0 Å². The number of ether oxygens (including phenoxy) is 4. The van der Waals surface area contributed by atoms with E-state index in [0.717, 1.165) is 17.7 Å². The van der Waals surface area contributed by atoms with Crippen molar-refractivity contribution in [2.75, 3.05) is 26.8 Å². The SMILES string of the molecule is COc1cccc(O[C@H]2CCN(C(=O)COc3cccc4c3OC(C)(C)C4)CC[C@@H]2O)c1. The molecule has 0 spiro atoms. The first-order valence-corrected chi connectivity index (χ1v) is 11.0. The van der Waals surface area contributed by atoms with Gasteiger partial charge in [0.25, 0.3) is 5.91 Å². The Hall–Kier alpha value is -2.93. The molecule has 1 saturated heterocycles. The van der Waals surface area contributed by atoms with Gasteiger partial charge in [0.1, 0.15) is 23.2 Å². The van der Waals surface area contributed by atoms with E-state index in [4.69, 9.17) is 18.9 Å². The molecular weight excluding hydrogens is 410 g/mol. The number of hydrogen-bond acceptors (Lipinski definition) is 6. The van der Waals surface area contributed by atoms with Crippen LogP contribution in [-0.2, 0) is 11.2 Å². The molecule has 7 nitrogen and oxygen atoms in total. The van der Waals surface area contributed by atoms with Crippen molar-refractivity contribution in [3.05, 3.63) is 48.0 Å². The van der Waals surface area contributed by atoms with E-state index in [1.54, 1.807) is 18.1 Å². The van der Waals surface area contributed by atoms with Gasteiger partial charge in [-0.15, -0.1) is 0 Å². The summed E-state index contributed by atoms with van der Waals surface area (Å²) in [6.45, 7) is 4.95. The fourth-order valence-electron chi connectivity index (χ4n) is 4.23. The standard InChI is InChI=1S/C25H31NO6/c1-25(2)15-17-6-4-9-22(24(17)32-25)30-16-23(28)26-12-10-20(27)21(11-13-26)31-19-8-5-7-18(14-19)29-3/h4-9,14,20-21,27H,10-13,15-16H2,1-3H3/t20-,21-/m0/s1. The number of aliphatic hydroxyl groups is 1. The summed E-state index contributed by atoms with van der Waals surface area (Å²) >= 11 is 0. The number of aliphatic hydroxyl groups excluding tert-OH is 1. The number of carbonyl (C=O) groups is 1. The van der Waals surface area contributed by atoms with Crippen LogP contribution in [0.5, 0.6) is 23.0 Å². The quantitative estimate of drug-likeness (QED) is 0.742. The molecule has 0 saturated carbocycles. The molecule has 32 heavy (non-hydrogen) atoms. The topological polar surface area (TPSA) is 77.5 Å². The van der Waals surface area contributed by atoms with Gasteiger partial charge in [0.2, 0.25) is 0 Å². The van der Waals surface area contributed by atoms with Gasteiger partial charge in [-0.25, -0.2) is 0 Å². The summed E-state index contributed by atoms with van der Waals surface area (Å²) in [6.07, 6.45) is 0.731. The highest BCUT2D eigenvalue weighted by atomic mass is 16.5. The molecule has 172 valence electrons. The average molecular weight is 442 g/mol. The molecule has 0 unspecified atom stereocenters. The van der Waals surface area contributed by atoms with Gasteiger partial charge in [-0.05, 0) is 38.5 Å². The lowest BCUT2D eigenvalue weighted by atomic mass is 10.0. The van der Waals surface area contributed by atoms with Crippen LogP contribution in [0.4, 0.5) is 0 Å². The largest absolute Gasteiger partial charge is 0.497 e. The maximum atomic E-state index is 12.8. The third-order valence-corrected chi connectivity index (χ3v) is 5.89. The highest BCUT2D eigenvalue weighted by molar-refractivity contribution is 5.78. The maximum absolute atomic E-state index is 12.8. The van der Waals surface area contributed by atoms with Crippen molar-refractivity contribution in [3.8, 4) is 23.0 Å². The van der Waals surface area contributed by atoms with Crippen LogP contribution in [0.1, 0.15) is 32.3 Å². The highest BCUT2D eigenvalue weighted by Gasteiger charge is 2.33. The van der Waals surface area contributed by atoms with E-state index in [0.29, 0.717) is 43.2 Å². The van der Waals surface area contributed by atoms with Crippen molar-refractivity contribution in [1.82, 2.24) is 4.90 Å². The van der Waals surface area contributed by atoms with Crippen molar-refractivity contribution in [2.45, 2.75) is 50.9 Å². The first-order valence-electron chi connectivity index (χ1n) is 11.0. The molecule has 2 aliphatic rings. The minimum absolute atomic E-state index is 0.0717. The van der Waals surface area contributed by atoms with Crippen LogP contribution in [0.3, 0.4) is 0 Å². The summed E-state index contributed by atoms with van der Waals surface area (Å²) in [6, 6.07) is 13.1. The van der Waals surface area contributed by atoms with Crippen molar-refractivity contribution in [2.24, 2.45) is 0 Å². The first-order chi connectivity index (χ1) is 15.3. The Morgan fingerprint density at radius 3 is 2.72 bits per heavy atom. The van der Waals surface area contributed by atoms with E-state index in [9.17, 15) is 9.90 Å². The maximum Gasteiger partial charge on any atom is 0.260 e. The lowest BCUT2D eigenvalue weighted by Crippen LogP contribution is -2.36. The van der Waals surface area contributed by atoms with Crippen LogP contribution in [0.2, 0.25) is 0 Å². The van der Waals surface area contributed by atoms with Crippen molar-refractivity contribution in [3.63, 3.8) is 0 Å². The number of fused-ring (bicyclic) bond motifs is 1. The summed E-state index contributed by atoms with van der Waals surface area (Å²) in [5.41, 5.74) is 0.820. The monoisotopic (exact) mass is 441 g/mol. The summed E-state index contributed by atoms with van der Waals surface area (Å²) in [5, 5.41) is 10.6. The summed E-state index contributed by atoms with van der Waals surface area (Å²) in [5.74, 6) is 2.53. The van der Waals surface area contributed by atoms with E-state index in [1.165, 1.54) is 0 Å². The Balaban J connectivity index is 1.33. The number of nitrogens with zero attached hydrogens (tertiary/aromatic N) is 1. The zero-order valence-electron chi connectivity index (χ0n) is 18.9. The summed E-state index contributed by atoms with van der Waals surface area (Å²) in [4.78, 5) is 14.6. The Bertz CT molecular complexity index is 959. The summed E-state index contributed by atoms with van der Waals surface area (Å²) < 4.78 is 23.1. The number of para-hydroxylation sites is 1. The highest BCUT2D eigenvalue weighted by Crippen LogP contribution is 2.41. The molecule has 2 heterocycles. The third kappa shape index (κ3) is 5.10. The lowest BCUT2D eigenvalue weighted by Gasteiger charge is -2.22. The average Bonchev–Trinajstić information content (AvgIpc) is 2.99. The second-order valence-corrected chi connectivity index (χ2v) is 8.93. The smallest absolute Gasteiger partial charge is 0.260 e. The van der Waals surface area contributed by atoms with Crippen LogP contribution >= 0.6 is 0 Å². The van der Waals surface area contributed by atoms with Crippen molar-refractivity contribution < 1.29 is 28.8 Å². The normalized spacial score (nSPS) is 21.8. The van der Waals surface area contributed by atoms with Crippen molar-refractivity contribution >= 4 is 5.91 Å². The van der Waals surface area contributed by atoms with E-state index < -0.39 is 12.2 Å². The van der Waals surface area contributed by atoms with Crippen LogP contribution in [-0.4, -0.2) is 60.5 Å². The predicted molar refractivity (Wildman–Crippen MR) is 120 cm³/mol. The van der Waals surface area contributed by atoms with Crippen LogP contribution < -0.4 is 18.9 Å². The number of likely N-dealkylation sites (tertiary alicyclic amines) is 1. The van der Waals surface area contributed by atoms with Gasteiger partial charge in [-0.3, -0.25) is 4.79 Å². The molecule has 2 aromatic carbocycles. The fraction of sp³-hybridized carbons (Fsp3) is 0.480. The van der Waals surface area contributed by atoms with Gasteiger partial charge < -0.3 is 29.0 Å². The van der Waals surface area contributed by atoms with Gasteiger partial charge in [0.05, 0.1) is 13.2 Å². The minimum atomic E-state index is -0.659. The molecular formula is C25H31NO6. The number of amides is 1. The molecule has 7 heteroatoms. The number of hydrogen-bond donors (Lipinski definition) is 1. The van der Waals surface area contributed by atoms with Gasteiger partial charge in [0, 0.05) is 37.6 Å². The van der Waals surface area contributed by atoms with Crippen LogP contribution in [0, 0.1) is 0 Å². The zero-order valence-corrected chi connectivity index (χ0v) is 18.9. The second-order valence-electron chi connectivity index (χ2n) is 8.93. The molecule has 0 radical (unpaired) electrons. The number of carbonyl (C=O) groups excluding carboxylic acids is 1. The minimum Gasteiger partial charge on any atom is -0.497 e. The Labute approximate surface area is 188 Å². The Morgan fingerprint density at radius 1 is 1.16 bits per heavy atom. The molecule has 0 aliphatic carbocycles. The fourth-order valence-corrected chi connectivity index (χ4v) is 4.23. The van der Waals surface area contributed by atoms with Crippen LogP contribution in [0.15, 0.2) is 42.5 Å². The van der Waals surface area contributed by atoms with Gasteiger partial charge >= 0.3 is 0 Å². The molecule has 1 N–H and O–H groups in total. The predicted octanol–water partition coefficient (Wildman–Crippen LogP) is 3.22. The first kappa shape index (κ1) is 22.3. The number of rotatable bonds is 6. The zero-order chi connectivity index (χ0) is 22.7. The molecule has 1 fully saturated rings. The molecule has 2 atom stereocenters. The number of methoxy groups -OCH3 is 1. The molecule has 1 amide bonds. The summed E-state index contributed by atoms with van der Waals surface area (Å²) in [7, 11) is 1.60. The van der Waals surface area contributed by atoms with Crippen molar-refractivity contribution in [1.29, 1.82) is 0 Å². The van der Waals surface area contributed by atoms with Crippen LogP contribution in [0.25, 0.3) is 0 Å². The number of benzene rings is 2. The van der Waals surface area contributed by atoms with E-state index in [2.05, 4.69) is 0 Å².